The van der Waals surface area contributed by atoms with Crippen LogP contribution in [-0.2, 0) is 0 Å². The highest BCUT2D eigenvalue weighted by atomic mass is 35.5. The Morgan fingerprint density at radius 2 is 1.87 bits per heavy atom. The Balaban J connectivity index is 1.65. The zero-order chi connectivity index (χ0) is 21.4. The second kappa shape index (κ2) is 8.00. The molecule has 1 aliphatic carbocycles. The summed E-state index contributed by atoms with van der Waals surface area (Å²) >= 11 is 6.08. The number of carbonyl (C=O) groups excluding carboxylic acids is 1. The first-order valence-corrected chi connectivity index (χ1v) is 10.7. The maximum Gasteiger partial charge on any atom is 0.257 e. The number of para-hydroxylation sites is 2. The van der Waals surface area contributed by atoms with Crippen LogP contribution in [0.2, 0.25) is 5.02 Å². The number of aromatic nitrogens is 3. The van der Waals surface area contributed by atoms with Crippen LogP contribution in [0.1, 0.15) is 41.6 Å². The number of hydrogen-bond donors (Lipinski definition) is 2. The Hall–Kier alpha value is -3.45. The van der Waals surface area contributed by atoms with Gasteiger partial charge in [0.15, 0.2) is 5.65 Å². The van der Waals surface area contributed by atoms with Crippen LogP contribution in [0.25, 0.3) is 22.2 Å². The molecule has 1 fully saturated rings. The summed E-state index contributed by atoms with van der Waals surface area (Å²) in [5.41, 5.74) is 9.82. The number of carbonyl (C=O) groups is 1. The van der Waals surface area contributed by atoms with E-state index < -0.39 is 0 Å². The summed E-state index contributed by atoms with van der Waals surface area (Å²) in [6.45, 7) is 0. The minimum Gasteiger partial charge on any atom is -0.383 e. The minimum atomic E-state index is -0.240. The van der Waals surface area contributed by atoms with E-state index in [2.05, 4.69) is 10.4 Å². The predicted molar refractivity (Wildman–Crippen MR) is 124 cm³/mol. The van der Waals surface area contributed by atoms with Crippen molar-refractivity contribution in [3.63, 3.8) is 0 Å². The van der Waals surface area contributed by atoms with Gasteiger partial charge in [0.1, 0.15) is 16.9 Å². The Kier molecular flexibility index (Phi) is 5.03. The third kappa shape index (κ3) is 3.72. The molecule has 1 saturated carbocycles. The summed E-state index contributed by atoms with van der Waals surface area (Å²) in [6.07, 6.45) is 5.84. The van der Waals surface area contributed by atoms with E-state index in [0.717, 1.165) is 31.2 Å². The maximum atomic E-state index is 13.2. The van der Waals surface area contributed by atoms with E-state index >= 15 is 0 Å². The van der Waals surface area contributed by atoms with E-state index in [1.54, 1.807) is 18.3 Å². The third-order valence-electron chi connectivity index (χ3n) is 5.56. The van der Waals surface area contributed by atoms with Crippen molar-refractivity contribution in [3.8, 4) is 0 Å². The SMILES string of the molecule is Nc1c(C(=O)NC2CCCC2)c2nc3ccccc3nc2n1/N=C\c1cccc(Cl)c1. The Bertz CT molecular complexity index is 1320. The van der Waals surface area contributed by atoms with Crippen LogP contribution in [-0.4, -0.2) is 32.8 Å². The number of amides is 1. The lowest BCUT2D eigenvalue weighted by Crippen LogP contribution is -2.33. The molecule has 0 atom stereocenters. The van der Waals surface area contributed by atoms with Crippen LogP contribution in [0.5, 0.6) is 0 Å². The molecular weight excluding hydrogens is 412 g/mol. The zero-order valence-electron chi connectivity index (χ0n) is 16.8. The monoisotopic (exact) mass is 432 g/mol. The molecule has 3 N–H and O–H groups in total. The number of anilines is 1. The normalized spacial score (nSPS) is 14.7. The fraction of sp³-hybridized carbons (Fsp3) is 0.217. The van der Waals surface area contributed by atoms with E-state index in [9.17, 15) is 4.79 Å². The molecule has 1 aliphatic rings. The van der Waals surface area contributed by atoms with Gasteiger partial charge < -0.3 is 11.1 Å². The average Bonchev–Trinajstić information content (AvgIpc) is 3.36. The summed E-state index contributed by atoms with van der Waals surface area (Å²) in [4.78, 5) is 22.6. The van der Waals surface area contributed by atoms with Crippen LogP contribution in [0.3, 0.4) is 0 Å². The zero-order valence-corrected chi connectivity index (χ0v) is 17.5. The van der Waals surface area contributed by atoms with Crippen molar-refractivity contribution < 1.29 is 4.79 Å². The molecule has 2 aromatic carbocycles. The molecule has 8 heteroatoms. The molecule has 5 rings (SSSR count). The second-order valence-electron chi connectivity index (χ2n) is 7.71. The lowest BCUT2D eigenvalue weighted by atomic mass is 10.2. The number of nitrogens with one attached hydrogen (secondary N) is 1. The summed E-state index contributed by atoms with van der Waals surface area (Å²) in [7, 11) is 0. The summed E-state index contributed by atoms with van der Waals surface area (Å²) in [6, 6.07) is 15.0. The van der Waals surface area contributed by atoms with Gasteiger partial charge in [-0.1, -0.05) is 48.7 Å². The molecule has 1 amide bonds. The van der Waals surface area contributed by atoms with Crippen LogP contribution in [0, 0.1) is 0 Å². The standard InChI is InChI=1S/C23H21ClN6O/c24-15-7-5-6-14(12-15)13-26-30-21(25)19(23(31)27-16-8-1-2-9-16)20-22(30)29-18-11-4-3-10-17(18)28-20/h3-7,10-13,16H,1-2,8-9,25H2,(H,27,31)/b26-13-. The van der Waals surface area contributed by atoms with Crippen molar-refractivity contribution in [2.45, 2.75) is 31.7 Å². The lowest BCUT2D eigenvalue weighted by Gasteiger charge is -2.11. The van der Waals surface area contributed by atoms with E-state index in [-0.39, 0.29) is 17.8 Å². The van der Waals surface area contributed by atoms with E-state index in [1.165, 1.54) is 4.68 Å². The van der Waals surface area contributed by atoms with Crippen LogP contribution in [0.15, 0.2) is 53.6 Å². The maximum absolute atomic E-state index is 13.2. The molecule has 0 spiro atoms. The van der Waals surface area contributed by atoms with Gasteiger partial charge >= 0.3 is 0 Å². The highest BCUT2D eigenvalue weighted by Crippen LogP contribution is 2.28. The topological polar surface area (TPSA) is 98.2 Å². The van der Waals surface area contributed by atoms with Crippen molar-refractivity contribution in [1.29, 1.82) is 0 Å². The molecule has 0 radical (unpaired) electrons. The number of nitrogen functional groups attached to an aromatic ring is 1. The molecule has 0 aliphatic heterocycles. The van der Waals surface area contributed by atoms with Gasteiger partial charge in [0.25, 0.3) is 5.91 Å². The summed E-state index contributed by atoms with van der Waals surface area (Å²) < 4.78 is 1.47. The van der Waals surface area contributed by atoms with Crippen molar-refractivity contribution >= 4 is 51.7 Å². The minimum absolute atomic E-state index is 0.161. The smallest absolute Gasteiger partial charge is 0.257 e. The number of rotatable bonds is 4. The molecule has 156 valence electrons. The van der Waals surface area contributed by atoms with Gasteiger partial charge in [-0.05, 0) is 42.7 Å². The number of benzene rings is 2. The molecule has 4 aromatic rings. The van der Waals surface area contributed by atoms with Crippen LogP contribution in [0.4, 0.5) is 5.82 Å². The average molecular weight is 433 g/mol. The summed E-state index contributed by atoms with van der Waals surface area (Å²) in [5.74, 6) is -0.0326. The molecule has 2 aromatic heterocycles. The van der Waals surface area contributed by atoms with Gasteiger partial charge in [0.05, 0.1) is 17.2 Å². The Morgan fingerprint density at radius 1 is 1.13 bits per heavy atom. The number of halogens is 1. The second-order valence-corrected chi connectivity index (χ2v) is 8.15. The fourth-order valence-electron chi connectivity index (χ4n) is 4.03. The predicted octanol–water partition coefficient (Wildman–Crippen LogP) is 4.37. The number of nitrogens with zero attached hydrogens (tertiary/aromatic N) is 4. The molecule has 0 bridgehead atoms. The summed E-state index contributed by atoms with van der Waals surface area (Å²) in [5, 5.41) is 8.22. The number of fused-ring (bicyclic) bond motifs is 2. The van der Waals surface area contributed by atoms with E-state index in [4.69, 9.17) is 27.3 Å². The van der Waals surface area contributed by atoms with Gasteiger partial charge in [0, 0.05) is 11.1 Å². The fourth-order valence-corrected chi connectivity index (χ4v) is 4.23. The first-order chi connectivity index (χ1) is 15.1. The largest absolute Gasteiger partial charge is 0.383 e. The van der Waals surface area contributed by atoms with Crippen molar-refractivity contribution in [1.82, 2.24) is 20.0 Å². The number of nitrogens with two attached hydrogens (primary N) is 1. The third-order valence-corrected chi connectivity index (χ3v) is 5.80. The van der Waals surface area contributed by atoms with Gasteiger partial charge in [-0.3, -0.25) is 4.79 Å². The molecular formula is C23H21ClN6O. The molecule has 0 saturated heterocycles. The highest BCUT2D eigenvalue weighted by Gasteiger charge is 2.26. The van der Waals surface area contributed by atoms with Gasteiger partial charge in [-0.25, -0.2) is 9.97 Å². The molecule has 0 unspecified atom stereocenters. The van der Waals surface area contributed by atoms with Crippen molar-refractivity contribution in [2.24, 2.45) is 5.10 Å². The quantitative estimate of drug-likeness (QED) is 0.467. The first kappa shape index (κ1) is 19.5. The first-order valence-electron chi connectivity index (χ1n) is 10.3. The van der Waals surface area contributed by atoms with Crippen molar-refractivity contribution in [2.75, 3.05) is 5.73 Å². The Labute approximate surface area is 183 Å². The van der Waals surface area contributed by atoms with E-state index in [1.807, 2.05) is 36.4 Å². The van der Waals surface area contributed by atoms with Crippen LogP contribution >= 0.6 is 11.6 Å². The molecule has 7 nitrogen and oxygen atoms in total. The molecule has 2 heterocycles. The van der Waals surface area contributed by atoms with Gasteiger partial charge in [-0.15, -0.1) is 0 Å². The van der Waals surface area contributed by atoms with Crippen LogP contribution < -0.4 is 11.1 Å². The Morgan fingerprint density at radius 3 is 2.61 bits per heavy atom. The lowest BCUT2D eigenvalue weighted by molar-refractivity contribution is 0.0940. The van der Waals surface area contributed by atoms with Crippen molar-refractivity contribution in [3.05, 3.63) is 64.7 Å². The van der Waals surface area contributed by atoms with Gasteiger partial charge in [-0.2, -0.15) is 9.78 Å². The number of hydrogen-bond acceptors (Lipinski definition) is 5. The van der Waals surface area contributed by atoms with Gasteiger partial charge in [0.2, 0.25) is 0 Å². The molecule has 31 heavy (non-hydrogen) atoms. The van der Waals surface area contributed by atoms with E-state index in [0.29, 0.717) is 32.8 Å². The highest BCUT2D eigenvalue weighted by molar-refractivity contribution is 6.30.